The van der Waals surface area contributed by atoms with Crippen molar-refractivity contribution in [3.05, 3.63) is 125 Å². The molecule has 6 rings (SSSR count). The van der Waals surface area contributed by atoms with Gasteiger partial charge in [0.2, 0.25) is 5.91 Å². The van der Waals surface area contributed by atoms with Crippen LogP contribution in [-0.2, 0) is 17.9 Å². The van der Waals surface area contributed by atoms with Gasteiger partial charge in [0.25, 0.3) is 5.91 Å². The molecule has 0 aliphatic heterocycles. The summed E-state index contributed by atoms with van der Waals surface area (Å²) < 4.78 is 2.04. The topological polar surface area (TPSA) is 155 Å². The summed E-state index contributed by atoms with van der Waals surface area (Å²) in [5.41, 5.74) is 9.54. The van der Waals surface area contributed by atoms with Gasteiger partial charge in [0, 0.05) is 35.4 Å². The van der Waals surface area contributed by atoms with Crippen LogP contribution < -0.4 is 10.6 Å². The number of aromatic carboxylic acids is 1. The van der Waals surface area contributed by atoms with Gasteiger partial charge in [0.15, 0.2) is 0 Å². The number of pyridine rings is 1. The molecule has 3 N–H and O–H groups in total. The molecule has 0 saturated heterocycles. The molecule has 1 saturated carbocycles. The van der Waals surface area contributed by atoms with Crippen molar-refractivity contribution in [2.24, 2.45) is 11.7 Å². The van der Waals surface area contributed by atoms with E-state index >= 15 is 0 Å². The lowest BCUT2D eigenvalue weighted by molar-refractivity contribution is -0.123. The number of nitrogens with two attached hydrogens (primary N) is 1. The van der Waals surface area contributed by atoms with Crippen molar-refractivity contribution >= 4 is 34.8 Å². The van der Waals surface area contributed by atoms with Crippen LogP contribution in [0.1, 0.15) is 69.1 Å². The number of rotatable bonds is 9. The molecule has 11 heteroatoms. The summed E-state index contributed by atoms with van der Waals surface area (Å²) in [5, 5.41) is 18.3. The van der Waals surface area contributed by atoms with Gasteiger partial charge in [-0.25, -0.2) is 9.78 Å². The predicted molar refractivity (Wildman–Crippen MR) is 180 cm³/mol. The number of aromatic nitrogens is 3. The molecular weight excluding hydrogens is 613 g/mol. The van der Waals surface area contributed by atoms with E-state index in [4.69, 9.17) is 11.0 Å². The zero-order chi connectivity index (χ0) is 33.2. The highest BCUT2D eigenvalue weighted by Crippen LogP contribution is 2.32. The van der Waals surface area contributed by atoms with Crippen molar-refractivity contribution in [2.75, 3.05) is 4.90 Å². The number of thiophene rings is 1. The number of hydrogen-bond acceptors (Lipinski definition) is 7. The van der Waals surface area contributed by atoms with E-state index in [2.05, 4.69) is 16.0 Å². The number of nitrogens with zero attached hydrogens (tertiary/aromatic N) is 5. The standard InChI is InChI=1S/C30H28N4O3S.C6H6N2O/c31-16-21-6-8-22(9-7-21)18-33-20-32-17-26(33)19-34(29(35)24-4-2-1-3-5-24)25-12-10-23(11-13-25)27-14-15-28(38-27)30(36)37;7-6(9)5-3-1-2-4-8-5/h6-15,17,20,24H,1-5,18-19H2,(H,36,37);1-4H,(H2,7,9). The maximum absolute atomic E-state index is 13.8. The van der Waals surface area contributed by atoms with Crippen molar-refractivity contribution in [3.8, 4) is 16.5 Å². The van der Waals surface area contributed by atoms with Gasteiger partial charge in [-0.1, -0.05) is 49.6 Å². The Balaban J connectivity index is 0.000000417. The van der Waals surface area contributed by atoms with Crippen molar-refractivity contribution < 1.29 is 19.5 Å². The molecule has 0 atom stereocenters. The van der Waals surface area contributed by atoms with Gasteiger partial charge in [-0.2, -0.15) is 5.26 Å². The van der Waals surface area contributed by atoms with Crippen LogP contribution in [0.3, 0.4) is 0 Å². The summed E-state index contributed by atoms with van der Waals surface area (Å²) in [4.78, 5) is 46.6. The molecule has 3 aromatic heterocycles. The highest BCUT2D eigenvalue weighted by atomic mass is 32.1. The minimum absolute atomic E-state index is 0.00810. The van der Waals surface area contributed by atoms with Crippen LogP contribution in [-0.4, -0.2) is 37.4 Å². The Hall–Kier alpha value is -5.60. The second-order valence-electron chi connectivity index (χ2n) is 11.2. The lowest BCUT2D eigenvalue weighted by Crippen LogP contribution is -2.37. The fourth-order valence-corrected chi connectivity index (χ4v) is 6.30. The number of carbonyl (C=O) groups excluding carboxylic acids is 2. The van der Waals surface area contributed by atoms with Crippen molar-refractivity contribution in [1.82, 2.24) is 14.5 Å². The van der Waals surface area contributed by atoms with Crippen LogP contribution >= 0.6 is 11.3 Å². The molecule has 1 aliphatic carbocycles. The van der Waals surface area contributed by atoms with Crippen LogP contribution in [0.15, 0.2) is 97.6 Å². The molecule has 0 bridgehead atoms. The number of imidazole rings is 1. The average molecular weight is 647 g/mol. The normalized spacial score (nSPS) is 12.7. The minimum Gasteiger partial charge on any atom is -0.477 e. The molecule has 2 amide bonds. The molecule has 1 aliphatic rings. The number of carbonyl (C=O) groups is 3. The van der Waals surface area contributed by atoms with E-state index in [0.29, 0.717) is 29.2 Å². The first-order chi connectivity index (χ1) is 22.8. The Bertz CT molecular complexity index is 1850. The number of carboxylic acid groups (broad SMARTS) is 1. The first kappa shape index (κ1) is 32.8. The molecule has 1 fully saturated rings. The number of primary amides is 1. The Kier molecular flexibility index (Phi) is 10.9. The molecule has 10 nitrogen and oxygen atoms in total. The monoisotopic (exact) mass is 646 g/mol. The second-order valence-corrected chi connectivity index (χ2v) is 12.3. The SMILES string of the molecule is N#Cc1ccc(Cn2cncc2CN(C(=O)C2CCCCC2)c2ccc(-c3ccc(C(=O)O)s3)cc2)cc1.NC(=O)c1ccccn1. The van der Waals surface area contributed by atoms with E-state index in [0.717, 1.165) is 53.1 Å². The molecular formula is C36H34N6O4S. The fraction of sp³-hybridized carbons (Fsp3) is 0.222. The zero-order valence-corrected chi connectivity index (χ0v) is 26.5. The summed E-state index contributed by atoms with van der Waals surface area (Å²) in [6.07, 6.45) is 10.2. The van der Waals surface area contributed by atoms with Crippen LogP contribution in [0.4, 0.5) is 5.69 Å². The van der Waals surface area contributed by atoms with E-state index in [-0.39, 0.29) is 11.8 Å². The largest absolute Gasteiger partial charge is 0.477 e. The summed E-state index contributed by atoms with van der Waals surface area (Å²) in [6.45, 7) is 0.989. The van der Waals surface area contributed by atoms with E-state index in [1.807, 2.05) is 51.9 Å². The summed E-state index contributed by atoms with van der Waals surface area (Å²) in [7, 11) is 0. The third-order valence-corrected chi connectivity index (χ3v) is 9.09. The number of benzene rings is 2. The van der Waals surface area contributed by atoms with Crippen molar-refractivity contribution in [1.29, 1.82) is 5.26 Å². The molecule has 0 spiro atoms. The van der Waals surface area contributed by atoms with Crippen LogP contribution in [0.2, 0.25) is 0 Å². The number of amides is 2. The molecule has 3 heterocycles. The van der Waals surface area contributed by atoms with E-state index in [9.17, 15) is 19.5 Å². The lowest BCUT2D eigenvalue weighted by Gasteiger charge is -2.30. The van der Waals surface area contributed by atoms with Crippen LogP contribution in [0, 0.1) is 17.2 Å². The number of nitriles is 1. The predicted octanol–water partition coefficient (Wildman–Crippen LogP) is 6.52. The summed E-state index contributed by atoms with van der Waals surface area (Å²) >= 11 is 1.24. The highest BCUT2D eigenvalue weighted by molar-refractivity contribution is 7.17. The van der Waals surface area contributed by atoms with Gasteiger partial charge in [-0.05, 0) is 72.5 Å². The number of hydrogen-bond donors (Lipinski definition) is 2. The maximum Gasteiger partial charge on any atom is 0.345 e. The summed E-state index contributed by atoms with van der Waals surface area (Å²) in [6, 6.07) is 25.9. The third-order valence-electron chi connectivity index (χ3n) is 7.97. The quantitative estimate of drug-likeness (QED) is 0.185. The van der Waals surface area contributed by atoms with E-state index in [1.54, 1.807) is 48.9 Å². The maximum atomic E-state index is 13.8. The van der Waals surface area contributed by atoms with Crippen molar-refractivity contribution in [2.45, 2.75) is 45.2 Å². The second kappa shape index (κ2) is 15.6. The number of carboxylic acids is 1. The Labute approximate surface area is 276 Å². The highest BCUT2D eigenvalue weighted by Gasteiger charge is 2.28. The lowest BCUT2D eigenvalue weighted by atomic mass is 9.88. The van der Waals surface area contributed by atoms with Gasteiger partial charge in [0.1, 0.15) is 10.6 Å². The van der Waals surface area contributed by atoms with Crippen LogP contribution in [0.25, 0.3) is 10.4 Å². The first-order valence-electron chi connectivity index (χ1n) is 15.3. The zero-order valence-electron chi connectivity index (χ0n) is 25.7. The fourth-order valence-electron chi connectivity index (χ4n) is 5.45. The van der Waals surface area contributed by atoms with Gasteiger partial charge in [-0.15, -0.1) is 11.3 Å². The Morgan fingerprint density at radius 2 is 1.72 bits per heavy atom. The molecule has 5 aromatic rings. The van der Waals surface area contributed by atoms with Gasteiger partial charge in [-0.3, -0.25) is 14.6 Å². The van der Waals surface area contributed by atoms with Gasteiger partial charge >= 0.3 is 5.97 Å². The summed E-state index contributed by atoms with van der Waals surface area (Å²) in [5.74, 6) is -1.28. The average Bonchev–Trinajstić information content (AvgIpc) is 3.79. The smallest absolute Gasteiger partial charge is 0.345 e. The third kappa shape index (κ3) is 8.56. The van der Waals surface area contributed by atoms with Crippen molar-refractivity contribution in [3.63, 3.8) is 0 Å². The Morgan fingerprint density at radius 1 is 0.979 bits per heavy atom. The van der Waals surface area contributed by atoms with Gasteiger partial charge in [0.05, 0.1) is 30.2 Å². The Morgan fingerprint density at radius 3 is 2.32 bits per heavy atom. The number of anilines is 1. The minimum atomic E-state index is -0.931. The van der Waals surface area contributed by atoms with E-state index in [1.165, 1.54) is 24.0 Å². The first-order valence-corrected chi connectivity index (χ1v) is 16.1. The molecule has 0 unspecified atom stereocenters. The van der Waals surface area contributed by atoms with Crippen LogP contribution in [0.5, 0.6) is 0 Å². The molecule has 2 aromatic carbocycles. The molecule has 238 valence electrons. The molecule has 47 heavy (non-hydrogen) atoms. The molecule has 0 radical (unpaired) electrons. The van der Waals surface area contributed by atoms with Gasteiger partial charge < -0.3 is 20.3 Å². The van der Waals surface area contributed by atoms with E-state index < -0.39 is 11.9 Å².